The molecule has 1 aromatic rings. The first-order chi connectivity index (χ1) is 15.1. The van der Waals surface area contributed by atoms with Crippen molar-refractivity contribution >= 4 is 5.91 Å². The Labute approximate surface area is 190 Å². The number of carbonyl (C=O) groups excluding carboxylic acids is 1. The lowest BCUT2D eigenvalue weighted by atomic mass is 9.51. The lowest BCUT2D eigenvalue weighted by molar-refractivity contribution is -0.118. The second-order valence-electron chi connectivity index (χ2n) is 11.4. The third-order valence-corrected chi connectivity index (χ3v) is 9.28. The zero-order chi connectivity index (χ0) is 21.7. The summed E-state index contributed by atoms with van der Waals surface area (Å²) in [7, 11) is 0. The molecule has 0 aromatic heterocycles. The van der Waals surface area contributed by atoms with Gasteiger partial charge in [-0.3, -0.25) is 4.79 Å². The molecule has 2 heteroatoms. The molecule has 1 aromatic carbocycles. The van der Waals surface area contributed by atoms with Crippen LogP contribution < -0.4 is 5.73 Å². The number of fused-ring (bicyclic) bond motifs is 5. The van der Waals surface area contributed by atoms with Crippen molar-refractivity contribution in [1.29, 1.82) is 0 Å². The van der Waals surface area contributed by atoms with Crippen LogP contribution in [0.1, 0.15) is 120 Å². The summed E-state index contributed by atoms with van der Waals surface area (Å²) in [5.74, 6) is 3.52. The number of carbonyl (C=O) groups is 1. The zero-order valence-corrected chi connectivity index (χ0v) is 19.9. The van der Waals surface area contributed by atoms with E-state index < -0.39 is 0 Å². The molecule has 31 heavy (non-hydrogen) atoms. The van der Waals surface area contributed by atoms with E-state index >= 15 is 0 Å². The molecule has 172 valence electrons. The molecule has 3 aliphatic carbocycles. The van der Waals surface area contributed by atoms with Gasteiger partial charge in [-0.25, -0.2) is 0 Å². The number of nitrogens with two attached hydrogens (primary N) is 1. The standard InChI is InChI=1S/C29H45NO/c1-29-20-12-16-26(29)25-19-18-22-13-10-11-15-24(22)28(25)23(21-29)14-8-6-4-2-3-5-7-9-17-27(30)31/h10-11,13,15,23,25-26,28H,2-9,12,14,16-21H2,1H3,(H2,30,31)/t23-,25-,26-,28+,29-/m0/s1. The minimum absolute atomic E-state index is 0.150. The van der Waals surface area contributed by atoms with Gasteiger partial charge in [-0.05, 0) is 85.2 Å². The van der Waals surface area contributed by atoms with Crippen molar-refractivity contribution in [2.24, 2.45) is 28.9 Å². The number of amides is 1. The molecule has 0 saturated heterocycles. The number of benzene rings is 1. The minimum atomic E-state index is -0.150. The number of primary amides is 1. The predicted octanol–water partition coefficient (Wildman–Crippen LogP) is 7.55. The summed E-state index contributed by atoms with van der Waals surface area (Å²) >= 11 is 0. The second kappa shape index (κ2) is 10.5. The molecule has 2 nitrogen and oxygen atoms in total. The Balaban J connectivity index is 1.27. The first-order valence-corrected chi connectivity index (χ1v) is 13.4. The molecule has 0 radical (unpaired) electrons. The summed E-state index contributed by atoms with van der Waals surface area (Å²) in [4.78, 5) is 10.8. The highest BCUT2D eigenvalue weighted by Gasteiger charge is 2.53. The Morgan fingerprint density at radius 1 is 1.00 bits per heavy atom. The fourth-order valence-electron chi connectivity index (χ4n) is 7.89. The van der Waals surface area contributed by atoms with Crippen LogP contribution in [-0.4, -0.2) is 5.91 Å². The van der Waals surface area contributed by atoms with Gasteiger partial charge >= 0.3 is 0 Å². The molecular weight excluding hydrogens is 378 g/mol. The molecule has 0 unspecified atom stereocenters. The fraction of sp³-hybridized carbons (Fsp3) is 0.759. The first kappa shape index (κ1) is 22.9. The minimum Gasteiger partial charge on any atom is -0.370 e. The molecule has 0 bridgehead atoms. The van der Waals surface area contributed by atoms with Crippen molar-refractivity contribution in [3.05, 3.63) is 35.4 Å². The summed E-state index contributed by atoms with van der Waals surface area (Å²) < 4.78 is 0. The van der Waals surface area contributed by atoms with Crippen molar-refractivity contribution in [2.75, 3.05) is 0 Å². The molecule has 0 spiro atoms. The van der Waals surface area contributed by atoms with E-state index in [-0.39, 0.29) is 5.91 Å². The van der Waals surface area contributed by atoms with E-state index in [1.165, 1.54) is 83.5 Å². The van der Waals surface area contributed by atoms with Gasteiger partial charge in [0.25, 0.3) is 0 Å². The van der Waals surface area contributed by atoms with E-state index in [1.54, 1.807) is 11.1 Å². The normalized spacial score (nSPS) is 31.6. The topological polar surface area (TPSA) is 43.1 Å². The third kappa shape index (κ3) is 5.37. The van der Waals surface area contributed by atoms with Gasteiger partial charge in [0, 0.05) is 6.42 Å². The highest BCUT2D eigenvalue weighted by molar-refractivity contribution is 5.73. The molecule has 2 saturated carbocycles. The summed E-state index contributed by atoms with van der Waals surface area (Å²) in [6, 6.07) is 9.44. The van der Waals surface area contributed by atoms with Gasteiger partial charge in [0.1, 0.15) is 0 Å². The monoisotopic (exact) mass is 423 g/mol. The van der Waals surface area contributed by atoms with Crippen molar-refractivity contribution in [2.45, 2.75) is 116 Å². The predicted molar refractivity (Wildman–Crippen MR) is 130 cm³/mol. The van der Waals surface area contributed by atoms with Crippen molar-refractivity contribution < 1.29 is 4.79 Å². The average molecular weight is 424 g/mol. The number of aryl methyl sites for hydroxylation is 1. The zero-order valence-electron chi connectivity index (χ0n) is 19.9. The van der Waals surface area contributed by atoms with Gasteiger partial charge in [-0.2, -0.15) is 0 Å². The van der Waals surface area contributed by atoms with Crippen molar-refractivity contribution in [3.8, 4) is 0 Å². The Morgan fingerprint density at radius 3 is 2.48 bits per heavy atom. The number of rotatable bonds is 11. The molecule has 4 rings (SSSR count). The fourth-order valence-corrected chi connectivity index (χ4v) is 7.89. The average Bonchev–Trinajstić information content (AvgIpc) is 3.15. The maximum Gasteiger partial charge on any atom is 0.217 e. The maximum atomic E-state index is 10.8. The summed E-state index contributed by atoms with van der Waals surface area (Å²) in [5.41, 5.74) is 9.23. The Hall–Kier alpha value is -1.31. The molecule has 2 N–H and O–H groups in total. The lowest BCUT2D eigenvalue weighted by Crippen LogP contribution is -2.44. The van der Waals surface area contributed by atoms with E-state index in [9.17, 15) is 4.79 Å². The van der Waals surface area contributed by atoms with Gasteiger partial charge in [0.2, 0.25) is 5.91 Å². The Bertz CT molecular complexity index is 727. The molecular formula is C29H45NO. The smallest absolute Gasteiger partial charge is 0.217 e. The number of hydrogen-bond donors (Lipinski definition) is 1. The first-order valence-electron chi connectivity index (χ1n) is 13.4. The molecule has 2 fully saturated rings. The van der Waals surface area contributed by atoms with Gasteiger partial charge in [-0.15, -0.1) is 0 Å². The quantitative estimate of drug-likeness (QED) is 0.367. The van der Waals surface area contributed by atoms with Crippen LogP contribution in [0.25, 0.3) is 0 Å². The molecule has 0 heterocycles. The van der Waals surface area contributed by atoms with Crippen molar-refractivity contribution in [1.82, 2.24) is 0 Å². The highest BCUT2D eigenvalue weighted by Crippen LogP contribution is 2.63. The van der Waals surface area contributed by atoms with E-state index in [2.05, 4.69) is 31.2 Å². The molecule has 0 aliphatic heterocycles. The Kier molecular flexibility index (Phi) is 7.77. The Morgan fingerprint density at radius 2 is 1.71 bits per heavy atom. The van der Waals surface area contributed by atoms with E-state index in [0.29, 0.717) is 11.8 Å². The summed E-state index contributed by atoms with van der Waals surface area (Å²) in [6.45, 7) is 2.65. The van der Waals surface area contributed by atoms with Crippen LogP contribution >= 0.6 is 0 Å². The highest BCUT2D eigenvalue weighted by atomic mass is 16.1. The van der Waals surface area contributed by atoms with Gasteiger partial charge in [0.05, 0.1) is 0 Å². The SMILES string of the molecule is C[C@@]12CCC[C@H]1[C@@H]1CCc3ccccc3[C@H]1[C@@H](CCCCCCCCCCC(N)=O)C2. The van der Waals surface area contributed by atoms with Crippen LogP contribution in [0.5, 0.6) is 0 Å². The van der Waals surface area contributed by atoms with E-state index in [1.807, 2.05) is 0 Å². The third-order valence-electron chi connectivity index (χ3n) is 9.28. The molecule has 5 atom stereocenters. The van der Waals surface area contributed by atoms with Crippen LogP contribution in [0.2, 0.25) is 0 Å². The van der Waals surface area contributed by atoms with Crippen LogP contribution in [-0.2, 0) is 11.2 Å². The van der Waals surface area contributed by atoms with Gasteiger partial charge < -0.3 is 5.73 Å². The van der Waals surface area contributed by atoms with Gasteiger partial charge in [-0.1, -0.05) is 82.6 Å². The number of unbranched alkanes of at least 4 members (excludes halogenated alkanes) is 7. The van der Waals surface area contributed by atoms with Crippen molar-refractivity contribution in [3.63, 3.8) is 0 Å². The van der Waals surface area contributed by atoms with Crippen LogP contribution in [0.3, 0.4) is 0 Å². The van der Waals surface area contributed by atoms with Gasteiger partial charge in [0.15, 0.2) is 0 Å². The van der Waals surface area contributed by atoms with E-state index in [4.69, 9.17) is 5.73 Å². The summed E-state index contributed by atoms with van der Waals surface area (Å²) in [5, 5.41) is 0. The van der Waals surface area contributed by atoms with Crippen LogP contribution in [0.4, 0.5) is 0 Å². The van der Waals surface area contributed by atoms with Crippen LogP contribution in [0, 0.1) is 23.2 Å². The molecule has 3 aliphatic rings. The van der Waals surface area contributed by atoms with E-state index in [0.717, 1.165) is 36.5 Å². The number of hydrogen-bond acceptors (Lipinski definition) is 1. The molecule has 1 amide bonds. The second-order valence-corrected chi connectivity index (χ2v) is 11.4. The lowest BCUT2D eigenvalue weighted by Gasteiger charge is -2.53. The largest absolute Gasteiger partial charge is 0.370 e. The maximum absolute atomic E-state index is 10.8. The van der Waals surface area contributed by atoms with Crippen LogP contribution in [0.15, 0.2) is 24.3 Å². The summed E-state index contributed by atoms with van der Waals surface area (Å²) in [6.07, 6.45) is 20.9.